The van der Waals surface area contributed by atoms with Crippen LogP contribution in [0.5, 0.6) is 5.75 Å². The number of ether oxygens (including phenoxy) is 2. The number of hydrogen-bond acceptors (Lipinski definition) is 4. The van der Waals surface area contributed by atoms with Crippen molar-refractivity contribution in [1.82, 2.24) is 4.98 Å². The van der Waals surface area contributed by atoms with E-state index in [1.807, 2.05) is 60.7 Å². The third kappa shape index (κ3) is 6.42. The van der Waals surface area contributed by atoms with E-state index in [9.17, 15) is 4.79 Å². The Morgan fingerprint density at radius 2 is 1.63 bits per heavy atom. The van der Waals surface area contributed by atoms with Crippen molar-refractivity contribution < 1.29 is 14.3 Å². The van der Waals surface area contributed by atoms with Gasteiger partial charge in [-0.1, -0.05) is 35.9 Å². The molecule has 0 fully saturated rings. The van der Waals surface area contributed by atoms with Gasteiger partial charge in [0.1, 0.15) is 19.0 Å². The third-order valence-corrected chi connectivity index (χ3v) is 4.22. The molecule has 5 heteroatoms. The SMILES string of the molecule is O=C(CCc1cccc(Cl)c1)OCc1ccc(OCc2ccncc2)cc1. The Labute approximate surface area is 163 Å². The average molecular weight is 382 g/mol. The molecule has 0 aliphatic carbocycles. The van der Waals surface area contributed by atoms with E-state index in [0.717, 1.165) is 22.4 Å². The highest BCUT2D eigenvalue weighted by atomic mass is 35.5. The second-order valence-corrected chi connectivity index (χ2v) is 6.52. The van der Waals surface area contributed by atoms with Gasteiger partial charge in [0.05, 0.1) is 0 Å². The van der Waals surface area contributed by atoms with Gasteiger partial charge < -0.3 is 9.47 Å². The summed E-state index contributed by atoms with van der Waals surface area (Å²) in [7, 11) is 0. The lowest BCUT2D eigenvalue weighted by Crippen LogP contribution is -2.06. The number of rotatable bonds is 8. The van der Waals surface area contributed by atoms with E-state index < -0.39 is 0 Å². The van der Waals surface area contributed by atoms with E-state index in [0.29, 0.717) is 24.5 Å². The van der Waals surface area contributed by atoms with Crippen molar-refractivity contribution in [2.45, 2.75) is 26.1 Å². The Morgan fingerprint density at radius 3 is 2.37 bits per heavy atom. The van der Waals surface area contributed by atoms with Gasteiger partial charge >= 0.3 is 5.97 Å². The van der Waals surface area contributed by atoms with Crippen LogP contribution in [0.3, 0.4) is 0 Å². The molecule has 1 heterocycles. The highest BCUT2D eigenvalue weighted by molar-refractivity contribution is 6.30. The molecule has 3 aromatic rings. The first kappa shape index (κ1) is 18.9. The molecule has 0 unspecified atom stereocenters. The molecule has 1 aromatic heterocycles. The normalized spacial score (nSPS) is 10.4. The summed E-state index contributed by atoms with van der Waals surface area (Å²) in [4.78, 5) is 15.9. The van der Waals surface area contributed by atoms with Crippen LogP contribution in [0.2, 0.25) is 5.02 Å². The monoisotopic (exact) mass is 381 g/mol. The lowest BCUT2D eigenvalue weighted by molar-refractivity contribution is -0.144. The fraction of sp³-hybridized carbons (Fsp3) is 0.182. The number of hydrogen-bond donors (Lipinski definition) is 0. The third-order valence-electron chi connectivity index (χ3n) is 3.98. The predicted molar refractivity (Wildman–Crippen MR) is 105 cm³/mol. The highest BCUT2D eigenvalue weighted by Crippen LogP contribution is 2.16. The maximum atomic E-state index is 11.9. The number of benzene rings is 2. The fourth-order valence-corrected chi connectivity index (χ4v) is 2.72. The van der Waals surface area contributed by atoms with Crippen molar-refractivity contribution >= 4 is 17.6 Å². The van der Waals surface area contributed by atoms with Crippen LogP contribution in [0.4, 0.5) is 0 Å². The largest absolute Gasteiger partial charge is 0.489 e. The minimum atomic E-state index is -0.229. The number of carbonyl (C=O) groups excluding carboxylic acids is 1. The smallest absolute Gasteiger partial charge is 0.306 e. The lowest BCUT2D eigenvalue weighted by atomic mass is 10.1. The Hall–Kier alpha value is -2.85. The van der Waals surface area contributed by atoms with Gasteiger partial charge in [-0.3, -0.25) is 9.78 Å². The molecule has 0 radical (unpaired) electrons. The fourth-order valence-electron chi connectivity index (χ4n) is 2.50. The van der Waals surface area contributed by atoms with E-state index in [1.54, 1.807) is 12.4 Å². The van der Waals surface area contributed by atoms with Gasteiger partial charge in [-0.15, -0.1) is 0 Å². The molecule has 27 heavy (non-hydrogen) atoms. The Bertz CT molecular complexity index is 866. The molecule has 0 amide bonds. The lowest BCUT2D eigenvalue weighted by Gasteiger charge is -2.08. The molecule has 0 N–H and O–H groups in total. The van der Waals surface area contributed by atoms with Crippen LogP contribution < -0.4 is 4.74 Å². The summed E-state index contributed by atoms with van der Waals surface area (Å²) in [5.41, 5.74) is 3.00. The summed E-state index contributed by atoms with van der Waals surface area (Å²) in [6.07, 6.45) is 4.42. The Kier molecular flexibility index (Phi) is 6.83. The summed E-state index contributed by atoms with van der Waals surface area (Å²) in [5, 5.41) is 0.673. The van der Waals surface area contributed by atoms with Crippen molar-refractivity contribution in [3.05, 3.63) is 94.8 Å². The van der Waals surface area contributed by atoms with Crippen LogP contribution in [0.25, 0.3) is 0 Å². The van der Waals surface area contributed by atoms with Crippen LogP contribution in [-0.4, -0.2) is 11.0 Å². The second kappa shape index (κ2) is 9.74. The molecule has 3 rings (SSSR count). The molecule has 2 aromatic carbocycles. The van der Waals surface area contributed by atoms with Gasteiger partial charge in [-0.2, -0.15) is 0 Å². The van der Waals surface area contributed by atoms with Crippen molar-refractivity contribution in [1.29, 1.82) is 0 Å². The van der Waals surface area contributed by atoms with E-state index in [-0.39, 0.29) is 12.6 Å². The van der Waals surface area contributed by atoms with Gasteiger partial charge in [0.15, 0.2) is 0 Å². The Morgan fingerprint density at radius 1 is 0.889 bits per heavy atom. The number of nitrogens with zero attached hydrogens (tertiary/aromatic N) is 1. The average Bonchev–Trinajstić information content (AvgIpc) is 2.71. The summed E-state index contributed by atoms with van der Waals surface area (Å²) in [6.45, 7) is 0.735. The van der Waals surface area contributed by atoms with Crippen LogP contribution in [0.1, 0.15) is 23.1 Å². The summed E-state index contributed by atoms with van der Waals surface area (Å²) in [5.74, 6) is 0.538. The van der Waals surface area contributed by atoms with Crippen LogP contribution in [-0.2, 0) is 29.2 Å². The van der Waals surface area contributed by atoms with Crippen LogP contribution in [0.15, 0.2) is 73.1 Å². The number of aryl methyl sites for hydroxylation is 1. The molecular formula is C22H20ClNO3. The van der Waals surface area contributed by atoms with E-state index in [2.05, 4.69) is 4.98 Å². The first-order valence-corrected chi connectivity index (χ1v) is 9.07. The predicted octanol–water partition coefficient (Wildman–Crippen LogP) is 4.99. The summed E-state index contributed by atoms with van der Waals surface area (Å²) < 4.78 is 11.1. The molecule has 4 nitrogen and oxygen atoms in total. The minimum Gasteiger partial charge on any atom is -0.489 e. The van der Waals surface area contributed by atoms with Crippen molar-refractivity contribution in [3.8, 4) is 5.75 Å². The van der Waals surface area contributed by atoms with E-state index in [1.165, 1.54) is 0 Å². The number of esters is 1. The number of halogens is 1. The van der Waals surface area contributed by atoms with Gasteiger partial charge in [-0.25, -0.2) is 0 Å². The van der Waals surface area contributed by atoms with Crippen LogP contribution >= 0.6 is 11.6 Å². The van der Waals surface area contributed by atoms with Crippen molar-refractivity contribution in [3.63, 3.8) is 0 Å². The highest BCUT2D eigenvalue weighted by Gasteiger charge is 2.05. The van der Waals surface area contributed by atoms with Gasteiger partial charge in [0, 0.05) is 23.8 Å². The molecule has 0 spiro atoms. The molecule has 0 aliphatic heterocycles. The standard InChI is InChI=1S/C22H20ClNO3/c23-20-3-1-2-17(14-20)6-9-22(25)27-16-18-4-7-21(8-5-18)26-15-19-10-12-24-13-11-19/h1-5,7-8,10-14H,6,9,15-16H2. The van der Waals surface area contributed by atoms with Crippen LogP contribution in [0, 0.1) is 0 Å². The minimum absolute atomic E-state index is 0.229. The quantitative estimate of drug-likeness (QED) is 0.516. The molecule has 0 atom stereocenters. The zero-order chi connectivity index (χ0) is 18.9. The number of pyridine rings is 1. The van der Waals surface area contributed by atoms with Gasteiger partial charge in [0.2, 0.25) is 0 Å². The molecule has 0 aliphatic rings. The van der Waals surface area contributed by atoms with E-state index in [4.69, 9.17) is 21.1 Å². The zero-order valence-electron chi connectivity index (χ0n) is 14.8. The first-order valence-electron chi connectivity index (χ1n) is 8.70. The molecular weight excluding hydrogens is 362 g/mol. The number of carbonyl (C=O) groups is 1. The second-order valence-electron chi connectivity index (χ2n) is 6.08. The van der Waals surface area contributed by atoms with Gasteiger partial charge in [-0.05, 0) is 59.5 Å². The van der Waals surface area contributed by atoms with Crippen molar-refractivity contribution in [2.24, 2.45) is 0 Å². The zero-order valence-corrected chi connectivity index (χ0v) is 15.6. The van der Waals surface area contributed by atoms with Gasteiger partial charge in [0.25, 0.3) is 0 Å². The van der Waals surface area contributed by atoms with Crippen molar-refractivity contribution in [2.75, 3.05) is 0 Å². The maximum Gasteiger partial charge on any atom is 0.306 e. The topological polar surface area (TPSA) is 48.4 Å². The maximum absolute atomic E-state index is 11.9. The van der Waals surface area contributed by atoms with E-state index >= 15 is 0 Å². The Balaban J connectivity index is 1.41. The molecule has 0 saturated heterocycles. The molecule has 0 saturated carbocycles. The molecule has 138 valence electrons. The number of aromatic nitrogens is 1. The summed E-state index contributed by atoms with van der Waals surface area (Å²) in [6, 6.07) is 18.9. The first-order chi connectivity index (χ1) is 13.2. The summed E-state index contributed by atoms with van der Waals surface area (Å²) >= 11 is 5.94. The molecule has 0 bridgehead atoms.